The van der Waals surface area contributed by atoms with Crippen molar-refractivity contribution in [1.29, 1.82) is 0 Å². The summed E-state index contributed by atoms with van der Waals surface area (Å²) in [5.41, 5.74) is 0.977. The van der Waals surface area contributed by atoms with Crippen LogP contribution in [0.25, 0.3) is 0 Å². The van der Waals surface area contributed by atoms with E-state index < -0.39 is 0 Å². The summed E-state index contributed by atoms with van der Waals surface area (Å²) in [6.45, 7) is 1.59. The standard InChI is InChI=1S/C15H16O3/c1-11(16)10-13(15-8-5-9-18-15)12-6-3-4-7-14(12)17-2/h3-9,13H,10H2,1-2H3. The third kappa shape index (κ3) is 2.62. The van der Waals surface area contributed by atoms with Gasteiger partial charge in [-0.15, -0.1) is 0 Å². The minimum Gasteiger partial charge on any atom is -0.496 e. The van der Waals surface area contributed by atoms with Gasteiger partial charge in [-0.05, 0) is 25.1 Å². The topological polar surface area (TPSA) is 39.4 Å². The van der Waals surface area contributed by atoms with Crippen LogP contribution in [-0.4, -0.2) is 12.9 Å². The van der Waals surface area contributed by atoms with Gasteiger partial charge in [0.25, 0.3) is 0 Å². The molecule has 1 unspecified atom stereocenters. The number of carbonyl (C=O) groups excluding carboxylic acids is 1. The highest BCUT2D eigenvalue weighted by Gasteiger charge is 2.21. The average Bonchev–Trinajstić information content (AvgIpc) is 2.89. The summed E-state index contributed by atoms with van der Waals surface area (Å²) >= 11 is 0. The van der Waals surface area contributed by atoms with E-state index in [1.807, 2.05) is 36.4 Å². The first-order chi connectivity index (χ1) is 8.72. The maximum absolute atomic E-state index is 11.4. The lowest BCUT2D eigenvalue weighted by Gasteiger charge is -2.16. The zero-order chi connectivity index (χ0) is 13.0. The number of rotatable bonds is 5. The van der Waals surface area contributed by atoms with E-state index >= 15 is 0 Å². The van der Waals surface area contributed by atoms with Gasteiger partial charge in [0.15, 0.2) is 0 Å². The Morgan fingerprint density at radius 3 is 2.67 bits per heavy atom. The number of hydrogen-bond acceptors (Lipinski definition) is 3. The van der Waals surface area contributed by atoms with E-state index in [-0.39, 0.29) is 11.7 Å². The molecule has 0 radical (unpaired) electrons. The predicted molar refractivity (Wildman–Crippen MR) is 68.8 cm³/mol. The Morgan fingerprint density at radius 1 is 1.28 bits per heavy atom. The molecular weight excluding hydrogens is 228 g/mol. The predicted octanol–water partition coefficient (Wildman–Crippen LogP) is 3.40. The van der Waals surface area contributed by atoms with Gasteiger partial charge >= 0.3 is 0 Å². The molecule has 1 heterocycles. The van der Waals surface area contributed by atoms with Crippen LogP contribution in [0.15, 0.2) is 47.1 Å². The van der Waals surface area contributed by atoms with Gasteiger partial charge in [-0.3, -0.25) is 4.79 Å². The van der Waals surface area contributed by atoms with Gasteiger partial charge < -0.3 is 9.15 Å². The van der Waals surface area contributed by atoms with Crippen molar-refractivity contribution in [2.45, 2.75) is 19.3 Å². The van der Waals surface area contributed by atoms with Gasteiger partial charge in [-0.1, -0.05) is 18.2 Å². The molecule has 0 amide bonds. The summed E-state index contributed by atoms with van der Waals surface area (Å²) in [6, 6.07) is 11.4. The third-order valence-corrected chi connectivity index (χ3v) is 2.89. The SMILES string of the molecule is COc1ccccc1C(CC(C)=O)c1ccco1. The van der Waals surface area contributed by atoms with E-state index in [1.165, 1.54) is 0 Å². The van der Waals surface area contributed by atoms with Gasteiger partial charge in [-0.25, -0.2) is 0 Å². The molecule has 3 nitrogen and oxygen atoms in total. The fourth-order valence-electron chi connectivity index (χ4n) is 2.10. The number of ether oxygens (including phenoxy) is 1. The van der Waals surface area contributed by atoms with Crippen LogP contribution in [0.5, 0.6) is 5.75 Å². The van der Waals surface area contributed by atoms with E-state index in [2.05, 4.69) is 0 Å². The first-order valence-corrected chi connectivity index (χ1v) is 5.88. The first kappa shape index (κ1) is 12.4. The minimum absolute atomic E-state index is 0.0892. The van der Waals surface area contributed by atoms with E-state index in [9.17, 15) is 4.79 Å². The number of Topliss-reactive ketones (excluding diaryl/α,β-unsaturated/α-hetero) is 1. The summed E-state index contributed by atoms with van der Waals surface area (Å²) in [6.07, 6.45) is 2.03. The van der Waals surface area contributed by atoms with Gasteiger partial charge in [0.05, 0.1) is 19.3 Å². The third-order valence-electron chi connectivity index (χ3n) is 2.89. The van der Waals surface area contributed by atoms with E-state index in [4.69, 9.17) is 9.15 Å². The molecule has 0 aliphatic carbocycles. The highest BCUT2D eigenvalue weighted by Crippen LogP contribution is 2.34. The molecule has 1 atom stereocenters. The van der Waals surface area contributed by atoms with Gasteiger partial charge in [0, 0.05) is 12.0 Å². The van der Waals surface area contributed by atoms with Crippen LogP contribution in [0.1, 0.15) is 30.6 Å². The normalized spacial score (nSPS) is 12.1. The van der Waals surface area contributed by atoms with Crippen molar-refractivity contribution in [3.63, 3.8) is 0 Å². The number of furan rings is 1. The molecule has 3 heteroatoms. The van der Waals surface area contributed by atoms with Crippen molar-refractivity contribution >= 4 is 5.78 Å². The van der Waals surface area contributed by atoms with Crippen LogP contribution in [0.4, 0.5) is 0 Å². The molecule has 1 aromatic heterocycles. The van der Waals surface area contributed by atoms with Crippen LogP contribution in [0.2, 0.25) is 0 Å². The molecule has 0 spiro atoms. The molecule has 0 fully saturated rings. The molecule has 0 aliphatic heterocycles. The van der Waals surface area contributed by atoms with Crippen molar-refractivity contribution in [3.8, 4) is 5.75 Å². The quantitative estimate of drug-likeness (QED) is 0.809. The molecule has 94 valence electrons. The van der Waals surface area contributed by atoms with Crippen molar-refractivity contribution in [2.24, 2.45) is 0 Å². The number of carbonyl (C=O) groups is 1. The fraction of sp³-hybridized carbons (Fsp3) is 0.267. The van der Waals surface area contributed by atoms with Gasteiger partial charge in [-0.2, -0.15) is 0 Å². The Kier molecular flexibility index (Phi) is 3.82. The maximum Gasteiger partial charge on any atom is 0.130 e. The Balaban J connectivity index is 2.43. The second kappa shape index (κ2) is 5.54. The highest BCUT2D eigenvalue weighted by molar-refractivity contribution is 5.77. The summed E-state index contributed by atoms with van der Waals surface area (Å²) in [7, 11) is 1.63. The molecule has 0 saturated carbocycles. The van der Waals surface area contributed by atoms with Crippen LogP contribution in [0, 0.1) is 0 Å². The average molecular weight is 244 g/mol. The fourth-order valence-corrected chi connectivity index (χ4v) is 2.10. The lowest BCUT2D eigenvalue weighted by atomic mass is 9.91. The van der Waals surface area contributed by atoms with E-state index in [0.717, 1.165) is 17.1 Å². The molecule has 0 saturated heterocycles. The largest absolute Gasteiger partial charge is 0.496 e. The molecular formula is C15H16O3. The highest BCUT2D eigenvalue weighted by atomic mass is 16.5. The lowest BCUT2D eigenvalue weighted by Crippen LogP contribution is -2.07. The Hall–Kier alpha value is -2.03. The van der Waals surface area contributed by atoms with Gasteiger partial charge in [0.2, 0.25) is 0 Å². The number of para-hydroxylation sites is 1. The Morgan fingerprint density at radius 2 is 2.06 bits per heavy atom. The second-order valence-corrected chi connectivity index (χ2v) is 4.22. The van der Waals surface area contributed by atoms with Crippen LogP contribution < -0.4 is 4.74 Å². The number of ketones is 1. The van der Waals surface area contributed by atoms with Crippen molar-refractivity contribution < 1.29 is 13.9 Å². The zero-order valence-corrected chi connectivity index (χ0v) is 10.6. The van der Waals surface area contributed by atoms with Gasteiger partial charge in [0.1, 0.15) is 17.3 Å². The van der Waals surface area contributed by atoms with Crippen LogP contribution in [-0.2, 0) is 4.79 Å². The smallest absolute Gasteiger partial charge is 0.130 e. The number of hydrogen-bond donors (Lipinski definition) is 0. The first-order valence-electron chi connectivity index (χ1n) is 5.88. The molecule has 2 aromatic rings. The van der Waals surface area contributed by atoms with Crippen molar-refractivity contribution in [3.05, 3.63) is 54.0 Å². The van der Waals surface area contributed by atoms with Crippen molar-refractivity contribution in [1.82, 2.24) is 0 Å². The monoisotopic (exact) mass is 244 g/mol. The zero-order valence-electron chi connectivity index (χ0n) is 10.6. The molecule has 0 N–H and O–H groups in total. The summed E-state index contributed by atoms with van der Waals surface area (Å²) in [5.74, 6) is 1.60. The Bertz CT molecular complexity index is 514. The second-order valence-electron chi connectivity index (χ2n) is 4.22. The minimum atomic E-state index is -0.0892. The van der Waals surface area contributed by atoms with Crippen LogP contribution >= 0.6 is 0 Å². The summed E-state index contributed by atoms with van der Waals surface area (Å²) < 4.78 is 10.8. The van der Waals surface area contributed by atoms with E-state index in [1.54, 1.807) is 20.3 Å². The lowest BCUT2D eigenvalue weighted by molar-refractivity contribution is -0.117. The number of methoxy groups -OCH3 is 1. The maximum atomic E-state index is 11.4. The summed E-state index contributed by atoms with van der Waals surface area (Å²) in [4.78, 5) is 11.4. The number of benzene rings is 1. The molecule has 0 aliphatic rings. The summed E-state index contributed by atoms with van der Waals surface area (Å²) in [5, 5.41) is 0. The molecule has 0 bridgehead atoms. The molecule has 1 aromatic carbocycles. The van der Waals surface area contributed by atoms with Crippen molar-refractivity contribution in [2.75, 3.05) is 7.11 Å². The molecule has 2 rings (SSSR count). The Labute approximate surface area is 106 Å². The van der Waals surface area contributed by atoms with Crippen LogP contribution in [0.3, 0.4) is 0 Å². The molecule has 18 heavy (non-hydrogen) atoms. The van der Waals surface area contributed by atoms with E-state index in [0.29, 0.717) is 6.42 Å².